The van der Waals surface area contributed by atoms with Gasteiger partial charge in [0.25, 0.3) is 0 Å². The zero-order valence-electron chi connectivity index (χ0n) is 19.3. The van der Waals surface area contributed by atoms with Gasteiger partial charge in [0.15, 0.2) is 5.82 Å². The first-order valence-electron chi connectivity index (χ1n) is 11.5. The van der Waals surface area contributed by atoms with Crippen LogP contribution < -0.4 is 4.90 Å². The van der Waals surface area contributed by atoms with E-state index in [0.29, 0.717) is 11.3 Å². The minimum Gasteiger partial charge on any atom is -0.372 e. The number of piperidine rings is 1. The lowest BCUT2D eigenvalue weighted by Crippen LogP contribution is -2.29. The van der Waals surface area contributed by atoms with Crippen LogP contribution in [0.5, 0.6) is 0 Å². The molecule has 2 aromatic carbocycles. The number of benzene rings is 2. The van der Waals surface area contributed by atoms with Crippen LogP contribution in [0.2, 0.25) is 0 Å². The highest BCUT2D eigenvalue weighted by molar-refractivity contribution is 6.14. The van der Waals surface area contributed by atoms with Crippen LogP contribution in [-0.2, 0) is 0 Å². The number of nitrogens with zero attached hydrogens (tertiary/aromatic N) is 4. The Labute approximate surface area is 199 Å². The first-order valence-corrected chi connectivity index (χ1v) is 11.5. The zero-order valence-corrected chi connectivity index (χ0v) is 19.3. The quantitative estimate of drug-likeness (QED) is 0.306. The van der Waals surface area contributed by atoms with Crippen molar-refractivity contribution in [2.75, 3.05) is 18.0 Å². The number of aryl methyl sites for hydroxylation is 1. The van der Waals surface area contributed by atoms with Crippen molar-refractivity contribution in [3.05, 3.63) is 114 Å². The van der Waals surface area contributed by atoms with Crippen LogP contribution in [-0.4, -0.2) is 28.8 Å². The number of allylic oxidation sites excluding steroid dienone is 1. The SMILES string of the molecule is C=C/N=C(/c1ccc(F)c(C(C=C)c2ncncc2F)c1)c1ccc(N2CCCCC2)cc1C. The summed E-state index contributed by atoms with van der Waals surface area (Å²) >= 11 is 0. The summed E-state index contributed by atoms with van der Waals surface area (Å²) in [5.41, 5.74) is 4.91. The second-order valence-electron chi connectivity index (χ2n) is 8.41. The van der Waals surface area contributed by atoms with E-state index in [0.717, 1.165) is 30.4 Å². The molecule has 1 unspecified atom stereocenters. The van der Waals surface area contributed by atoms with Crippen LogP contribution >= 0.6 is 0 Å². The lowest BCUT2D eigenvalue weighted by atomic mass is 9.90. The fourth-order valence-electron chi connectivity index (χ4n) is 4.52. The van der Waals surface area contributed by atoms with Gasteiger partial charge in [0, 0.05) is 41.7 Å². The Morgan fingerprint density at radius 3 is 2.53 bits per heavy atom. The van der Waals surface area contributed by atoms with Gasteiger partial charge in [-0.1, -0.05) is 18.7 Å². The molecule has 0 bridgehead atoms. The van der Waals surface area contributed by atoms with Crippen LogP contribution in [0.3, 0.4) is 0 Å². The molecular formula is C28H28F2N4. The average Bonchev–Trinajstić information content (AvgIpc) is 2.86. The first-order chi connectivity index (χ1) is 16.5. The van der Waals surface area contributed by atoms with Gasteiger partial charge in [-0.2, -0.15) is 0 Å². The van der Waals surface area contributed by atoms with Crippen LogP contribution in [0, 0.1) is 18.6 Å². The molecule has 1 aliphatic heterocycles. The lowest BCUT2D eigenvalue weighted by molar-refractivity contribution is 0.574. The summed E-state index contributed by atoms with van der Waals surface area (Å²) in [5.74, 6) is -1.85. The van der Waals surface area contributed by atoms with Crippen molar-refractivity contribution in [1.82, 2.24) is 9.97 Å². The summed E-state index contributed by atoms with van der Waals surface area (Å²) in [6.07, 6.45) is 8.97. The standard InChI is InChI=1S/C28H28F2N4/c1-4-22(28-26(30)17-31-18-33-28)24-16-20(9-12-25(24)29)27(32-5-2)23-11-10-21(15-19(23)3)34-13-7-6-8-14-34/h4-5,9-12,15-18,22H,1-2,6-8,13-14H2,3H3/b32-27-. The minimum atomic E-state index is -0.768. The molecule has 4 rings (SSSR count). The van der Waals surface area contributed by atoms with E-state index in [1.165, 1.54) is 49.6 Å². The molecule has 1 aliphatic rings. The van der Waals surface area contributed by atoms with Gasteiger partial charge in [0.2, 0.25) is 0 Å². The van der Waals surface area contributed by atoms with Gasteiger partial charge >= 0.3 is 0 Å². The molecule has 2 heterocycles. The topological polar surface area (TPSA) is 41.4 Å². The molecule has 34 heavy (non-hydrogen) atoms. The molecule has 0 N–H and O–H groups in total. The van der Waals surface area contributed by atoms with Crippen molar-refractivity contribution in [1.29, 1.82) is 0 Å². The van der Waals surface area contributed by atoms with Crippen molar-refractivity contribution in [2.24, 2.45) is 4.99 Å². The van der Waals surface area contributed by atoms with Crippen LogP contribution in [0.25, 0.3) is 0 Å². The predicted octanol–water partition coefficient (Wildman–Crippen LogP) is 6.35. The van der Waals surface area contributed by atoms with Gasteiger partial charge in [-0.05, 0) is 62.1 Å². The smallest absolute Gasteiger partial charge is 0.163 e. The Bertz CT molecular complexity index is 1230. The number of rotatable bonds is 7. The molecule has 1 saturated heterocycles. The van der Waals surface area contributed by atoms with Crippen LogP contribution in [0.15, 0.2) is 79.3 Å². The summed E-state index contributed by atoms with van der Waals surface area (Å²) in [6.45, 7) is 11.7. The van der Waals surface area contributed by atoms with E-state index in [1.807, 2.05) is 0 Å². The van der Waals surface area contributed by atoms with Crippen LogP contribution in [0.1, 0.15) is 53.1 Å². The highest BCUT2D eigenvalue weighted by atomic mass is 19.1. The van der Waals surface area contributed by atoms with Gasteiger partial charge in [-0.3, -0.25) is 4.99 Å². The summed E-state index contributed by atoms with van der Waals surface area (Å²) < 4.78 is 29.3. The fourth-order valence-corrected chi connectivity index (χ4v) is 4.52. The second-order valence-corrected chi connectivity index (χ2v) is 8.41. The van der Waals surface area contributed by atoms with E-state index in [1.54, 1.807) is 12.1 Å². The van der Waals surface area contributed by atoms with E-state index >= 15 is 0 Å². The van der Waals surface area contributed by atoms with E-state index in [2.05, 4.69) is 58.1 Å². The third-order valence-corrected chi connectivity index (χ3v) is 6.24. The minimum absolute atomic E-state index is 0.0744. The number of anilines is 1. The number of hydrogen-bond donors (Lipinski definition) is 0. The van der Waals surface area contributed by atoms with Gasteiger partial charge in [0.05, 0.1) is 23.5 Å². The molecule has 0 radical (unpaired) electrons. The normalized spacial score (nSPS) is 15.1. The predicted molar refractivity (Wildman–Crippen MR) is 134 cm³/mol. The third-order valence-electron chi connectivity index (χ3n) is 6.24. The van der Waals surface area contributed by atoms with Gasteiger partial charge in [-0.15, -0.1) is 6.58 Å². The van der Waals surface area contributed by atoms with E-state index in [-0.39, 0.29) is 11.3 Å². The van der Waals surface area contributed by atoms with Gasteiger partial charge in [-0.25, -0.2) is 18.7 Å². The molecule has 1 aromatic heterocycles. The highest BCUT2D eigenvalue weighted by Gasteiger charge is 2.22. The first kappa shape index (κ1) is 23.5. The summed E-state index contributed by atoms with van der Waals surface area (Å²) in [4.78, 5) is 14.7. The van der Waals surface area contributed by atoms with Gasteiger partial charge < -0.3 is 4.90 Å². The zero-order chi connectivity index (χ0) is 24.1. The van der Waals surface area contributed by atoms with Crippen molar-refractivity contribution in [2.45, 2.75) is 32.1 Å². The highest BCUT2D eigenvalue weighted by Crippen LogP contribution is 2.30. The average molecular weight is 459 g/mol. The van der Waals surface area contributed by atoms with Crippen molar-refractivity contribution < 1.29 is 8.78 Å². The monoisotopic (exact) mass is 458 g/mol. The van der Waals surface area contributed by atoms with Crippen molar-refractivity contribution in [3.63, 3.8) is 0 Å². The van der Waals surface area contributed by atoms with Crippen molar-refractivity contribution in [3.8, 4) is 0 Å². The van der Waals surface area contributed by atoms with Crippen molar-refractivity contribution >= 4 is 11.4 Å². The molecular weight excluding hydrogens is 430 g/mol. The number of aromatic nitrogens is 2. The maximum atomic E-state index is 14.9. The Morgan fingerprint density at radius 2 is 1.85 bits per heavy atom. The molecule has 4 nitrogen and oxygen atoms in total. The third kappa shape index (κ3) is 4.81. The molecule has 0 aliphatic carbocycles. The number of hydrogen-bond acceptors (Lipinski definition) is 4. The Balaban J connectivity index is 1.75. The largest absolute Gasteiger partial charge is 0.372 e. The molecule has 174 valence electrons. The summed E-state index contributed by atoms with van der Waals surface area (Å²) in [7, 11) is 0. The Morgan fingerprint density at radius 1 is 1.06 bits per heavy atom. The number of aliphatic imine (C=N–C) groups is 1. The molecule has 1 fully saturated rings. The van der Waals surface area contributed by atoms with E-state index < -0.39 is 17.6 Å². The molecule has 0 amide bonds. The van der Waals surface area contributed by atoms with E-state index in [4.69, 9.17) is 0 Å². The Kier molecular flexibility index (Phi) is 7.26. The van der Waals surface area contributed by atoms with E-state index in [9.17, 15) is 8.78 Å². The maximum absolute atomic E-state index is 14.9. The fraction of sp³-hybridized carbons (Fsp3) is 0.250. The molecule has 1 atom stereocenters. The molecule has 0 saturated carbocycles. The lowest BCUT2D eigenvalue weighted by Gasteiger charge is -2.29. The van der Waals surface area contributed by atoms with Crippen LogP contribution in [0.4, 0.5) is 14.5 Å². The Hall–Kier alpha value is -3.67. The second kappa shape index (κ2) is 10.5. The molecule has 3 aromatic rings. The molecule has 6 heteroatoms. The summed E-state index contributed by atoms with van der Waals surface area (Å²) in [5, 5.41) is 0. The molecule has 0 spiro atoms. The maximum Gasteiger partial charge on any atom is 0.163 e. The van der Waals surface area contributed by atoms with Gasteiger partial charge in [0.1, 0.15) is 12.1 Å². The summed E-state index contributed by atoms with van der Waals surface area (Å²) in [6, 6.07) is 11.1. The number of halogens is 2.